The van der Waals surface area contributed by atoms with Crippen molar-refractivity contribution >= 4 is 17.6 Å². The molecule has 0 N–H and O–H groups in total. The number of methoxy groups -OCH3 is 2. The highest BCUT2D eigenvalue weighted by Crippen LogP contribution is 2.34. The number of alkyl halides is 2. The van der Waals surface area contributed by atoms with E-state index in [0.717, 1.165) is 0 Å². The lowest BCUT2D eigenvalue weighted by Crippen LogP contribution is -2.27. The number of anilines is 1. The minimum absolute atomic E-state index is 0.0481. The summed E-state index contributed by atoms with van der Waals surface area (Å²) in [5, 5.41) is 0. The minimum Gasteiger partial charge on any atom is -0.485 e. The molecule has 8 heteroatoms. The van der Waals surface area contributed by atoms with Crippen molar-refractivity contribution in [3.8, 4) is 5.75 Å². The average molecular weight is 365 g/mol. The molecule has 0 aliphatic carbocycles. The van der Waals surface area contributed by atoms with Crippen LogP contribution < -0.4 is 9.64 Å². The molecular weight excluding hydrogens is 348 g/mol. The van der Waals surface area contributed by atoms with Gasteiger partial charge >= 0.3 is 11.9 Å². The number of ether oxygens (including phenoxy) is 3. The van der Waals surface area contributed by atoms with Crippen LogP contribution in [-0.2, 0) is 19.1 Å². The third-order valence-electron chi connectivity index (χ3n) is 3.38. The maximum atomic E-state index is 12.5. The van der Waals surface area contributed by atoms with E-state index in [0.29, 0.717) is 0 Å². The zero-order valence-electron chi connectivity index (χ0n) is 14.1. The number of allylic oxidation sites excluding steroid dienone is 2. The highest BCUT2D eigenvalue weighted by molar-refractivity contribution is 6.05. The molecule has 6 nitrogen and oxygen atoms in total. The fourth-order valence-electron chi connectivity index (χ4n) is 2.28. The lowest BCUT2D eigenvalue weighted by Gasteiger charge is -2.25. The Kier molecular flexibility index (Phi) is 6.48. The number of rotatable bonds is 6. The molecule has 0 saturated carbocycles. The van der Waals surface area contributed by atoms with Crippen molar-refractivity contribution in [2.75, 3.05) is 25.7 Å². The highest BCUT2D eigenvalue weighted by Gasteiger charge is 2.28. The van der Waals surface area contributed by atoms with Crippen LogP contribution in [0, 0.1) is 0 Å². The number of carbonyl (C=O) groups is 2. The van der Waals surface area contributed by atoms with Crippen molar-refractivity contribution in [2.45, 2.75) is 6.43 Å². The minimum atomic E-state index is -2.66. The summed E-state index contributed by atoms with van der Waals surface area (Å²) in [5.74, 6) is -1.43. The van der Waals surface area contributed by atoms with E-state index in [1.54, 1.807) is 24.3 Å². The number of hydrogen-bond donors (Lipinski definition) is 0. The monoisotopic (exact) mass is 365 g/mol. The van der Waals surface area contributed by atoms with Crippen LogP contribution in [0.4, 0.5) is 14.5 Å². The van der Waals surface area contributed by atoms with Gasteiger partial charge in [0.2, 0.25) is 0 Å². The number of esters is 2. The molecule has 0 aromatic heterocycles. The van der Waals surface area contributed by atoms with E-state index < -0.39 is 25.0 Å². The van der Waals surface area contributed by atoms with Crippen LogP contribution in [0.15, 0.2) is 60.0 Å². The van der Waals surface area contributed by atoms with Gasteiger partial charge in [0.1, 0.15) is 18.1 Å². The Morgan fingerprint density at radius 3 is 2.42 bits per heavy atom. The summed E-state index contributed by atoms with van der Waals surface area (Å²) in [4.78, 5) is 25.8. The van der Waals surface area contributed by atoms with Gasteiger partial charge < -0.3 is 19.1 Å². The summed E-state index contributed by atoms with van der Waals surface area (Å²) in [5.41, 5.74) is 0.111. The standard InChI is InChI=1S/C18H17F2NO5/c1-24-17(22)12-7-5-6-10-21(16(12)18(23)25-2)13-8-3-4-9-14(13)26-11-15(19)20/h3-10,15H,11H2,1-2H3. The molecule has 0 bridgehead atoms. The first-order valence-electron chi connectivity index (χ1n) is 7.54. The Bertz CT molecular complexity index is 771. The van der Waals surface area contributed by atoms with E-state index in [2.05, 4.69) is 0 Å². The Morgan fingerprint density at radius 1 is 1.08 bits per heavy atom. The zero-order chi connectivity index (χ0) is 19.1. The molecular formula is C18H17F2NO5. The number of halogens is 2. The summed E-state index contributed by atoms with van der Waals surface area (Å²) in [7, 11) is 2.35. The van der Waals surface area contributed by atoms with Crippen molar-refractivity contribution < 1.29 is 32.6 Å². The molecule has 0 unspecified atom stereocenters. The Balaban J connectivity index is 2.59. The second-order valence-electron chi connectivity index (χ2n) is 4.99. The maximum absolute atomic E-state index is 12.5. The number of nitrogens with zero attached hydrogens (tertiary/aromatic N) is 1. The van der Waals surface area contributed by atoms with Gasteiger partial charge in [-0.1, -0.05) is 18.2 Å². The molecule has 0 spiro atoms. The third-order valence-corrected chi connectivity index (χ3v) is 3.38. The number of para-hydroxylation sites is 2. The molecule has 0 atom stereocenters. The van der Waals surface area contributed by atoms with Crippen LogP contribution in [0.1, 0.15) is 0 Å². The quantitative estimate of drug-likeness (QED) is 0.723. The van der Waals surface area contributed by atoms with Crippen molar-refractivity contribution in [3.05, 3.63) is 60.0 Å². The van der Waals surface area contributed by atoms with Crippen LogP contribution in [0.2, 0.25) is 0 Å². The second kappa shape index (κ2) is 8.80. The average Bonchev–Trinajstić information content (AvgIpc) is 2.88. The maximum Gasteiger partial charge on any atom is 0.355 e. The number of carbonyl (C=O) groups excluding carboxylic acids is 2. The van der Waals surface area contributed by atoms with Gasteiger partial charge in [0.05, 0.1) is 25.5 Å². The summed E-state index contributed by atoms with van der Waals surface area (Å²) < 4.78 is 39.7. The fourth-order valence-corrected chi connectivity index (χ4v) is 2.28. The fraction of sp³-hybridized carbons (Fsp3) is 0.222. The zero-order valence-corrected chi connectivity index (χ0v) is 14.1. The Morgan fingerprint density at radius 2 is 1.77 bits per heavy atom. The van der Waals surface area contributed by atoms with E-state index >= 15 is 0 Å². The molecule has 0 radical (unpaired) electrons. The van der Waals surface area contributed by atoms with Crippen LogP contribution in [0.5, 0.6) is 5.75 Å². The lowest BCUT2D eigenvalue weighted by molar-refractivity contribution is -0.139. The topological polar surface area (TPSA) is 65.1 Å². The van der Waals surface area contributed by atoms with Crippen LogP contribution in [0.25, 0.3) is 0 Å². The molecule has 0 fully saturated rings. The van der Waals surface area contributed by atoms with Crippen molar-refractivity contribution in [3.63, 3.8) is 0 Å². The molecule has 1 aliphatic heterocycles. The van der Waals surface area contributed by atoms with Crippen LogP contribution >= 0.6 is 0 Å². The van der Waals surface area contributed by atoms with E-state index in [1.807, 2.05) is 0 Å². The molecule has 1 heterocycles. The van der Waals surface area contributed by atoms with Crippen LogP contribution in [-0.4, -0.2) is 39.2 Å². The van der Waals surface area contributed by atoms with Gasteiger partial charge in [0, 0.05) is 6.20 Å². The van der Waals surface area contributed by atoms with Gasteiger partial charge in [-0.05, 0) is 24.3 Å². The van der Waals surface area contributed by atoms with Gasteiger partial charge in [-0.3, -0.25) is 0 Å². The SMILES string of the molecule is COC(=O)C1=C(C(=O)OC)N(c2ccccc2OCC(F)F)C=CC=C1. The molecule has 1 aliphatic rings. The largest absolute Gasteiger partial charge is 0.485 e. The molecule has 1 aromatic carbocycles. The van der Waals surface area contributed by atoms with E-state index in [9.17, 15) is 18.4 Å². The molecule has 2 rings (SSSR count). The number of benzene rings is 1. The van der Waals surface area contributed by atoms with Gasteiger partial charge in [0.15, 0.2) is 0 Å². The van der Waals surface area contributed by atoms with Gasteiger partial charge in [0.25, 0.3) is 6.43 Å². The Labute approximate surface area is 148 Å². The summed E-state index contributed by atoms with van der Waals surface area (Å²) in [6.07, 6.45) is 3.34. The predicted molar refractivity (Wildman–Crippen MR) is 89.8 cm³/mol. The van der Waals surface area contributed by atoms with E-state index in [1.165, 1.54) is 43.5 Å². The normalized spacial score (nSPS) is 13.7. The predicted octanol–water partition coefficient (Wildman–Crippen LogP) is 2.82. The Hall–Kier alpha value is -3.16. The first-order valence-corrected chi connectivity index (χ1v) is 7.54. The highest BCUT2D eigenvalue weighted by atomic mass is 19.3. The van der Waals surface area contributed by atoms with Gasteiger partial charge in [-0.2, -0.15) is 0 Å². The van der Waals surface area contributed by atoms with Crippen molar-refractivity contribution in [1.29, 1.82) is 0 Å². The van der Waals surface area contributed by atoms with E-state index in [4.69, 9.17) is 14.2 Å². The smallest absolute Gasteiger partial charge is 0.355 e. The van der Waals surface area contributed by atoms with Crippen molar-refractivity contribution in [1.82, 2.24) is 0 Å². The van der Waals surface area contributed by atoms with Crippen molar-refractivity contribution in [2.24, 2.45) is 0 Å². The summed E-state index contributed by atoms with van der Waals surface area (Å²) in [6.45, 7) is -0.812. The van der Waals surface area contributed by atoms with Crippen LogP contribution in [0.3, 0.4) is 0 Å². The first-order chi connectivity index (χ1) is 12.5. The second-order valence-corrected chi connectivity index (χ2v) is 4.99. The third kappa shape index (κ3) is 4.27. The molecule has 0 saturated heterocycles. The summed E-state index contributed by atoms with van der Waals surface area (Å²) in [6, 6.07) is 6.29. The first kappa shape index (κ1) is 19.2. The molecule has 26 heavy (non-hydrogen) atoms. The molecule has 0 amide bonds. The number of hydrogen-bond acceptors (Lipinski definition) is 6. The van der Waals surface area contributed by atoms with Gasteiger partial charge in [-0.25, -0.2) is 18.4 Å². The van der Waals surface area contributed by atoms with Gasteiger partial charge in [-0.15, -0.1) is 0 Å². The van der Waals surface area contributed by atoms with E-state index in [-0.39, 0.29) is 22.7 Å². The lowest BCUT2D eigenvalue weighted by atomic mass is 10.1. The summed E-state index contributed by atoms with van der Waals surface area (Å²) >= 11 is 0. The molecule has 1 aromatic rings. The molecule has 138 valence electrons.